The number of aliphatic hydroxyl groups is 1. The van der Waals surface area contributed by atoms with Crippen LogP contribution in [0.2, 0.25) is 0 Å². The number of amides is 1. The highest BCUT2D eigenvalue weighted by Crippen LogP contribution is 2.12. The second-order valence-corrected chi connectivity index (χ2v) is 4.45. The van der Waals surface area contributed by atoms with Crippen LogP contribution < -0.4 is 5.73 Å². The molecule has 0 spiro atoms. The minimum Gasteiger partial charge on any atom is -0.395 e. The molecular formula is C14H23N3O2. The summed E-state index contributed by atoms with van der Waals surface area (Å²) in [7, 11) is 0. The number of nitrogens with two attached hydrogens (primary N) is 1. The zero-order chi connectivity index (χ0) is 14.3. The second kappa shape index (κ2) is 7.86. The maximum Gasteiger partial charge on any atom is 0.272 e. The van der Waals surface area contributed by atoms with Crippen LogP contribution in [0.3, 0.4) is 0 Å². The van der Waals surface area contributed by atoms with Gasteiger partial charge in [0, 0.05) is 25.3 Å². The van der Waals surface area contributed by atoms with E-state index in [4.69, 9.17) is 10.8 Å². The van der Waals surface area contributed by atoms with E-state index in [9.17, 15) is 4.79 Å². The molecule has 106 valence electrons. The molecule has 5 nitrogen and oxygen atoms in total. The summed E-state index contributed by atoms with van der Waals surface area (Å²) >= 11 is 0. The van der Waals surface area contributed by atoms with Crippen LogP contribution in [0.4, 0.5) is 0 Å². The van der Waals surface area contributed by atoms with Crippen molar-refractivity contribution in [3.63, 3.8) is 0 Å². The van der Waals surface area contributed by atoms with Gasteiger partial charge >= 0.3 is 0 Å². The smallest absolute Gasteiger partial charge is 0.272 e. The zero-order valence-electron chi connectivity index (χ0n) is 11.7. The topological polar surface area (TPSA) is 79.5 Å². The van der Waals surface area contributed by atoms with Crippen molar-refractivity contribution in [1.29, 1.82) is 0 Å². The Balaban J connectivity index is 2.91. The van der Waals surface area contributed by atoms with Crippen molar-refractivity contribution >= 4 is 5.91 Å². The largest absolute Gasteiger partial charge is 0.395 e. The average molecular weight is 265 g/mol. The molecule has 1 amide bonds. The summed E-state index contributed by atoms with van der Waals surface area (Å²) in [5, 5.41) is 9.12. The average Bonchev–Trinajstić information content (AvgIpc) is 2.47. The molecule has 0 radical (unpaired) electrons. The molecular weight excluding hydrogens is 242 g/mol. The van der Waals surface area contributed by atoms with E-state index in [1.165, 1.54) is 0 Å². The Morgan fingerprint density at radius 3 is 2.53 bits per heavy atom. The van der Waals surface area contributed by atoms with E-state index >= 15 is 0 Å². The molecule has 0 fully saturated rings. The summed E-state index contributed by atoms with van der Waals surface area (Å²) in [6.07, 6.45) is 3.35. The molecule has 1 rings (SSSR count). The fraction of sp³-hybridized carbons (Fsp3) is 0.571. The molecule has 3 N–H and O–H groups in total. The molecule has 0 bridgehead atoms. The van der Waals surface area contributed by atoms with Gasteiger partial charge in [0.05, 0.1) is 6.61 Å². The van der Waals surface area contributed by atoms with Crippen LogP contribution >= 0.6 is 0 Å². The summed E-state index contributed by atoms with van der Waals surface area (Å²) in [6.45, 7) is 4.79. The number of hydrogen-bond donors (Lipinski definition) is 2. The van der Waals surface area contributed by atoms with E-state index in [-0.39, 0.29) is 18.6 Å². The van der Waals surface area contributed by atoms with E-state index in [0.717, 1.165) is 18.4 Å². The third kappa shape index (κ3) is 4.01. The van der Waals surface area contributed by atoms with Gasteiger partial charge in [-0.3, -0.25) is 9.78 Å². The molecule has 0 atom stereocenters. The maximum absolute atomic E-state index is 12.4. The van der Waals surface area contributed by atoms with E-state index < -0.39 is 0 Å². The van der Waals surface area contributed by atoms with Crippen LogP contribution in [-0.4, -0.2) is 40.1 Å². The Kier molecular flexibility index (Phi) is 6.45. The highest BCUT2D eigenvalue weighted by molar-refractivity contribution is 5.92. The van der Waals surface area contributed by atoms with Crippen LogP contribution in [0.1, 0.15) is 42.7 Å². The predicted molar refractivity (Wildman–Crippen MR) is 74.6 cm³/mol. The second-order valence-electron chi connectivity index (χ2n) is 4.45. The van der Waals surface area contributed by atoms with E-state index in [0.29, 0.717) is 18.8 Å². The first-order valence-corrected chi connectivity index (χ1v) is 6.74. The summed E-state index contributed by atoms with van der Waals surface area (Å²) < 4.78 is 0. The van der Waals surface area contributed by atoms with E-state index in [2.05, 4.69) is 4.98 Å². The van der Waals surface area contributed by atoms with Crippen molar-refractivity contribution in [3.05, 3.63) is 29.6 Å². The van der Waals surface area contributed by atoms with Gasteiger partial charge in [-0.25, -0.2) is 0 Å². The van der Waals surface area contributed by atoms with Gasteiger partial charge in [-0.2, -0.15) is 0 Å². The summed E-state index contributed by atoms with van der Waals surface area (Å²) in [5.74, 6) is -0.133. The number of aromatic nitrogens is 1. The van der Waals surface area contributed by atoms with Crippen molar-refractivity contribution in [2.75, 3.05) is 13.2 Å². The highest BCUT2D eigenvalue weighted by atomic mass is 16.3. The number of aliphatic hydroxyl groups excluding tert-OH is 1. The summed E-state index contributed by atoms with van der Waals surface area (Å²) in [5.41, 5.74) is 6.80. The molecule has 0 saturated heterocycles. The van der Waals surface area contributed by atoms with E-state index in [1.54, 1.807) is 17.2 Å². The molecule has 5 heteroatoms. The Bertz CT molecular complexity index is 388. The van der Waals surface area contributed by atoms with Crippen LogP contribution in [0.25, 0.3) is 0 Å². The Hall–Kier alpha value is -1.46. The summed E-state index contributed by atoms with van der Waals surface area (Å²) in [6, 6.07) is 3.64. The fourth-order valence-electron chi connectivity index (χ4n) is 2.11. The molecule has 0 saturated carbocycles. The van der Waals surface area contributed by atoms with Gasteiger partial charge in [-0.15, -0.1) is 0 Å². The standard InChI is InChI=1S/C14H23N3O2/c1-3-12(4-2)17(7-8-18)14(19)13-6-5-11(9-15)10-16-13/h5-6,10,12,18H,3-4,7-9,15H2,1-2H3. The van der Waals surface area contributed by atoms with Crippen molar-refractivity contribution < 1.29 is 9.90 Å². The monoisotopic (exact) mass is 265 g/mol. The highest BCUT2D eigenvalue weighted by Gasteiger charge is 2.22. The van der Waals surface area contributed by atoms with Crippen molar-refractivity contribution in [1.82, 2.24) is 9.88 Å². The minimum absolute atomic E-state index is 0.0386. The predicted octanol–water partition coefficient (Wildman–Crippen LogP) is 1.16. The number of pyridine rings is 1. The van der Waals surface area contributed by atoms with Crippen molar-refractivity contribution in [2.24, 2.45) is 5.73 Å². The fourth-order valence-corrected chi connectivity index (χ4v) is 2.11. The van der Waals surface area contributed by atoms with Gasteiger partial charge < -0.3 is 15.7 Å². The lowest BCUT2D eigenvalue weighted by Crippen LogP contribution is -2.41. The van der Waals surface area contributed by atoms with Crippen LogP contribution in [0.5, 0.6) is 0 Å². The van der Waals surface area contributed by atoms with Gasteiger partial charge in [0.2, 0.25) is 0 Å². The third-order valence-corrected chi connectivity index (χ3v) is 3.26. The number of carbonyl (C=O) groups is 1. The Morgan fingerprint density at radius 1 is 1.42 bits per heavy atom. The zero-order valence-corrected chi connectivity index (χ0v) is 11.7. The van der Waals surface area contributed by atoms with Gasteiger partial charge in [0.1, 0.15) is 5.69 Å². The van der Waals surface area contributed by atoms with E-state index in [1.807, 2.05) is 19.9 Å². The van der Waals surface area contributed by atoms with Gasteiger partial charge in [0.15, 0.2) is 0 Å². The molecule has 1 heterocycles. The minimum atomic E-state index is -0.133. The molecule has 0 aliphatic heterocycles. The maximum atomic E-state index is 12.4. The first-order valence-electron chi connectivity index (χ1n) is 6.74. The first kappa shape index (κ1) is 15.6. The van der Waals surface area contributed by atoms with Crippen LogP contribution in [-0.2, 0) is 6.54 Å². The third-order valence-electron chi connectivity index (χ3n) is 3.26. The van der Waals surface area contributed by atoms with Gasteiger partial charge in [0.25, 0.3) is 5.91 Å². The SMILES string of the molecule is CCC(CC)N(CCO)C(=O)c1ccc(CN)cn1. The Morgan fingerprint density at radius 2 is 2.11 bits per heavy atom. The molecule has 0 unspecified atom stereocenters. The number of nitrogens with zero attached hydrogens (tertiary/aromatic N) is 2. The van der Waals surface area contributed by atoms with Gasteiger partial charge in [-0.1, -0.05) is 19.9 Å². The molecule has 19 heavy (non-hydrogen) atoms. The number of hydrogen-bond acceptors (Lipinski definition) is 4. The Labute approximate surface area is 114 Å². The lowest BCUT2D eigenvalue weighted by Gasteiger charge is -2.29. The lowest BCUT2D eigenvalue weighted by atomic mass is 10.1. The van der Waals surface area contributed by atoms with Crippen molar-refractivity contribution in [2.45, 2.75) is 39.3 Å². The molecule has 0 aromatic carbocycles. The molecule has 1 aromatic rings. The molecule has 1 aromatic heterocycles. The normalized spacial score (nSPS) is 10.8. The first-order chi connectivity index (χ1) is 9.17. The number of rotatable bonds is 7. The number of carbonyl (C=O) groups excluding carboxylic acids is 1. The molecule has 0 aliphatic carbocycles. The van der Waals surface area contributed by atoms with Crippen molar-refractivity contribution in [3.8, 4) is 0 Å². The van der Waals surface area contributed by atoms with Crippen LogP contribution in [0, 0.1) is 0 Å². The quantitative estimate of drug-likeness (QED) is 0.775. The van der Waals surface area contributed by atoms with Gasteiger partial charge in [-0.05, 0) is 24.5 Å². The summed E-state index contributed by atoms with van der Waals surface area (Å²) in [4.78, 5) is 18.3. The molecule has 0 aliphatic rings. The van der Waals surface area contributed by atoms with Crippen LogP contribution in [0.15, 0.2) is 18.3 Å². The lowest BCUT2D eigenvalue weighted by molar-refractivity contribution is 0.0616.